The molecule has 2 N–H and O–H groups in total. The van der Waals surface area contributed by atoms with Gasteiger partial charge in [-0.3, -0.25) is 9.69 Å². The fourth-order valence-electron chi connectivity index (χ4n) is 6.42. The van der Waals surface area contributed by atoms with Gasteiger partial charge < -0.3 is 15.1 Å². The van der Waals surface area contributed by atoms with E-state index in [0.29, 0.717) is 11.8 Å². The van der Waals surface area contributed by atoms with E-state index >= 15 is 0 Å². The van der Waals surface area contributed by atoms with Crippen LogP contribution >= 0.6 is 11.3 Å². The maximum Gasteiger partial charge on any atom is 0.325 e. The molecule has 6 heteroatoms. The van der Waals surface area contributed by atoms with Crippen LogP contribution in [0.25, 0.3) is 0 Å². The smallest absolute Gasteiger partial charge is 0.325 e. The molecule has 202 valence electrons. The van der Waals surface area contributed by atoms with Crippen molar-refractivity contribution in [3.63, 3.8) is 0 Å². The molecule has 2 aliphatic heterocycles. The predicted octanol–water partition coefficient (Wildman–Crippen LogP) is 5.75. The second-order valence-electron chi connectivity index (χ2n) is 11.4. The Labute approximate surface area is 230 Å². The second-order valence-corrected chi connectivity index (χ2v) is 12.2. The molecular formula is C32H40N2O3S. The molecule has 5 rings (SSSR count). The molecule has 2 saturated heterocycles. The zero-order valence-corrected chi connectivity index (χ0v) is 23.2. The number of aliphatic hydroxyl groups is 1. The Kier molecular flexibility index (Phi) is 8.64. The summed E-state index contributed by atoms with van der Waals surface area (Å²) >= 11 is 1.71. The van der Waals surface area contributed by atoms with Crippen LogP contribution in [0.15, 0.2) is 71.4 Å². The van der Waals surface area contributed by atoms with E-state index in [1.807, 2.05) is 37.3 Å². The SMILES string of the molecule is Cc1ccc(C(C(=O)O)N2CC(CN3CCC(O)(CCCc4ccccc4)CC3)C(c3ccsc3)C2)cc1. The van der Waals surface area contributed by atoms with Crippen molar-refractivity contribution in [3.8, 4) is 0 Å². The molecule has 2 fully saturated rings. The summed E-state index contributed by atoms with van der Waals surface area (Å²) in [7, 11) is 0. The lowest BCUT2D eigenvalue weighted by Crippen LogP contribution is -2.46. The van der Waals surface area contributed by atoms with E-state index in [0.717, 1.165) is 76.0 Å². The van der Waals surface area contributed by atoms with Crippen LogP contribution in [0.1, 0.15) is 59.9 Å². The van der Waals surface area contributed by atoms with Crippen LogP contribution < -0.4 is 0 Å². The lowest BCUT2D eigenvalue weighted by molar-refractivity contribution is -0.143. The standard InChI is InChI=1S/C32H40N2O3S/c1-24-9-11-26(12-10-24)30(31(35)36)34-21-28(29(22-34)27-13-19-38-23-27)20-33-17-15-32(37,16-18-33)14-5-8-25-6-3-2-4-7-25/h2-4,6-7,9-13,19,23,28-30,37H,5,8,14-18,20-22H2,1H3,(H,35,36). The van der Waals surface area contributed by atoms with Crippen molar-refractivity contribution in [2.75, 3.05) is 32.7 Å². The average Bonchev–Trinajstić information content (AvgIpc) is 3.58. The van der Waals surface area contributed by atoms with Crippen molar-refractivity contribution in [1.82, 2.24) is 9.80 Å². The predicted molar refractivity (Wildman–Crippen MR) is 154 cm³/mol. The Balaban J connectivity index is 1.21. The van der Waals surface area contributed by atoms with E-state index in [2.05, 4.69) is 50.9 Å². The molecule has 5 nitrogen and oxygen atoms in total. The minimum absolute atomic E-state index is 0.320. The number of hydrogen-bond acceptors (Lipinski definition) is 5. The number of thiophene rings is 1. The summed E-state index contributed by atoms with van der Waals surface area (Å²) in [5, 5.41) is 25.8. The first-order valence-electron chi connectivity index (χ1n) is 13.9. The number of aryl methyl sites for hydroxylation is 2. The molecule has 3 unspecified atom stereocenters. The van der Waals surface area contributed by atoms with Crippen LogP contribution in [-0.2, 0) is 11.2 Å². The maximum atomic E-state index is 12.4. The van der Waals surface area contributed by atoms with Gasteiger partial charge in [0, 0.05) is 38.6 Å². The van der Waals surface area contributed by atoms with Crippen LogP contribution in [0.5, 0.6) is 0 Å². The third-order valence-corrected chi connectivity index (χ3v) is 9.36. The Bertz CT molecular complexity index is 1160. The Morgan fingerprint density at radius 3 is 2.45 bits per heavy atom. The van der Waals surface area contributed by atoms with E-state index in [9.17, 15) is 15.0 Å². The van der Waals surface area contributed by atoms with E-state index in [1.165, 1.54) is 11.1 Å². The number of piperidine rings is 1. The van der Waals surface area contributed by atoms with Gasteiger partial charge in [0.2, 0.25) is 0 Å². The summed E-state index contributed by atoms with van der Waals surface area (Å²) in [6.07, 6.45) is 4.49. The van der Waals surface area contributed by atoms with Crippen LogP contribution in [0.4, 0.5) is 0 Å². The van der Waals surface area contributed by atoms with Gasteiger partial charge in [0.25, 0.3) is 0 Å². The molecule has 0 aliphatic carbocycles. The van der Waals surface area contributed by atoms with Gasteiger partial charge in [-0.05, 0) is 78.5 Å². The lowest BCUT2D eigenvalue weighted by Gasteiger charge is -2.40. The summed E-state index contributed by atoms with van der Waals surface area (Å²) in [6.45, 7) is 6.29. The van der Waals surface area contributed by atoms with Crippen LogP contribution in [0.3, 0.4) is 0 Å². The molecule has 1 aromatic heterocycles. The van der Waals surface area contributed by atoms with Crippen molar-refractivity contribution in [2.24, 2.45) is 5.92 Å². The van der Waals surface area contributed by atoms with Gasteiger partial charge in [0.1, 0.15) is 6.04 Å². The topological polar surface area (TPSA) is 64.0 Å². The number of likely N-dealkylation sites (tertiary alicyclic amines) is 2. The maximum absolute atomic E-state index is 12.4. The molecule has 3 atom stereocenters. The third-order valence-electron chi connectivity index (χ3n) is 8.66. The molecular weight excluding hydrogens is 492 g/mol. The molecule has 0 bridgehead atoms. The van der Waals surface area contributed by atoms with Crippen molar-refractivity contribution < 1.29 is 15.0 Å². The molecule has 0 amide bonds. The highest BCUT2D eigenvalue weighted by Gasteiger charge is 2.41. The number of benzene rings is 2. The van der Waals surface area contributed by atoms with Crippen LogP contribution in [0.2, 0.25) is 0 Å². The Morgan fingerprint density at radius 1 is 1.05 bits per heavy atom. The number of carbonyl (C=O) groups is 1. The van der Waals surface area contributed by atoms with Crippen molar-refractivity contribution >= 4 is 17.3 Å². The average molecular weight is 533 g/mol. The minimum atomic E-state index is -0.780. The zero-order valence-electron chi connectivity index (χ0n) is 22.3. The number of carboxylic acids is 1. The molecule has 2 aromatic carbocycles. The van der Waals surface area contributed by atoms with Gasteiger partial charge in [0.05, 0.1) is 5.60 Å². The molecule has 38 heavy (non-hydrogen) atoms. The number of hydrogen-bond donors (Lipinski definition) is 2. The highest BCUT2D eigenvalue weighted by Crippen LogP contribution is 2.39. The monoisotopic (exact) mass is 532 g/mol. The first kappa shape index (κ1) is 27.1. The summed E-state index contributed by atoms with van der Waals surface area (Å²) in [5.41, 5.74) is 4.08. The van der Waals surface area contributed by atoms with Crippen molar-refractivity contribution in [2.45, 2.75) is 56.6 Å². The first-order valence-corrected chi connectivity index (χ1v) is 14.9. The number of aliphatic carboxylic acids is 1. The van der Waals surface area contributed by atoms with Crippen LogP contribution in [0, 0.1) is 12.8 Å². The van der Waals surface area contributed by atoms with E-state index in [1.54, 1.807) is 11.3 Å². The first-order chi connectivity index (χ1) is 18.4. The highest BCUT2D eigenvalue weighted by molar-refractivity contribution is 7.08. The number of nitrogens with zero attached hydrogens (tertiary/aromatic N) is 2. The Hall–Kier alpha value is -2.51. The van der Waals surface area contributed by atoms with Gasteiger partial charge in [-0.2, -0.15) is 11.3 Å². The largest absolute Gasteiger partial charge is 0.480 e. The molecule has 2 aliphatic rings. The number of rotatable bonds is 10. The second kappa shape index (κ2) is 12.1. The fourth-order valence-corrected chi connectivity index (χ4v) is 7.15. The summed E-state index contributed by atoms with van der Waals surface area (Å²) < 4.78 is 0. The van der Waals surface area contributed by atoms with Gasteiger partial charge in [0.15, 0.2) is 0 Å². The van der Waals surface area contributed by atoms with Crippen molar-refractivity contribution in [3.05, 3.63) is 93.7 Å². The fraction of sp³-hybridized carbons (Fsp3) is 0.469. The Morgan fingerprint density at radius 2 is 1.79 bits per heavy atom. The van der Waals surface area contributed by atoms with Gasteiger partial charge >= 0.3 is 5.97 Å². The summed E-state index contributed by atoms with van der Waals surface area (Å²) in [6, 6.07) is 20.0. The molecule has 3 heterocycles. The van der Waals surface area contributed by atoms with Gasteiger partial charge in [-0.15, -0.1) is 0 Å². The summed E-state index contributed by atoms with van der Waals surface area (Å²) in [4.78, 5) is 17.1. The van der Waals surface area contributed by atoms with E-state index in [4.69, 9.17) is 0 Å². The third kappa shape index (κ3) is 6.55. The minimum Gasteiger partial charge on any atom is -0.480 e. The van der Waals surface area contributed by atoms with E-state index < -0.39 is 17.6 Å². The summed E-state index contributed by atoms with van der Waals surface area (Å²) in [5.74, 6) is -0.0986. The molecule has 0 radical (unpaired) electrons. The van der Waals surface area contributed by atoms with Gasteiger partial charge in [-0.25, -0.2) is 0 Å². The molecule has 0 spiro atoms. The lowest BCUT2D eigenvalue weighted by atomic mass is 9.84. The highest BCUT2D eigenvalue weighted by atomic mass is 32.1. The van der Waals surface area contributed by atoms with Crippen molar-refractivity contribution in [1.29, 1.82) is 0 Å². The van der Waals surface area contributed by atoms with Crippen LogP contribution in [-0.4, -0.2) is 64.3 Å². The number of carboxylic acid groups (broad SMARTS) is 1. The van der Waals surface area contributed by atoms with E-state index in [-0.39, 0.29) is 0 Å². The quantitative estimate of drug-likeness (QED) is 0.348. The van der Waals surface area contributed by atoms with Gasteiger partial charge in [-0.1, -0.05) is 60.2 Å². The zero-order chi connectivity index (χ0) is 26.5. The molecule has 0 saturated carbocycles. The molecule has 3 aromatic rings. The normalized spacial score (nSPS) is 22.9.